The Morgan fingerprint density at radius 3 is 2.87 bits per heavy atom. The molecule has 1 amide bonds. The van der Waals surface area contributed by atoms with Crippen LogP contribution in [0.2, 0.25) is 5.02 Å². The Morgan fingerprint density at radius 1 is 1.40 bits per heavy atom. The molecule has 0 bridgehead atoms. The lowest BCUT2D eigenvalue weighted by Crippen LogP contribution is -2.62. The fourth-order valence-corrected chi connectivity index (χ4v) is 2.46. The maximum atomic E-state index is 11.5. The maximum absolute atomic E-state index is 11.5. The molecule has 1 N–H and O–H groups in total. The predicted molar refractivity (Wildman–Crippen MR) is 55.8 cm³/mol. The van der Waals surface area contributed by atoms with Crippen molar-refractivity contribution in [3.05, 3.63) is 34.3 Å². The highest BCUT2D eigenvalue weighted by atomic mass is 35.5. The molecule has 0 aliphatic carbocycles. The molecular weight excluding hydrogens is 214 g/mol. The first-order chi connectivity index (χ1) is 7.20. The SMILES string of the molecule is O=C1Cc2cc(Cl)ccc2C2(COC2)N1. The first-order valence-electron chi connectivity index (χ1n) is 4.87. The van der Waals surface area contributed by atoms with Gasteiger partial charge in [0.1, 0.15) is 5.54 Å². The van der Waals surface area contributed by atoms with Crippen molar-refractivity contribution in [3.8, 4) is 0 Å². The Bertz CT molecular complexity index is 440. The number of halogens is 1. The van der Waals surface area contributed by atoms with Gasteiger partial charge in [0.15, 0.2) is 0 Å². The maximum Gasteiger partial charge on any atom is 0.225 e. The van der Waals surface area contributed by atoms with Crippen molar-refractivity contribution in [2.75, 3.05) is 13.2 Å². The first-order valence-corrected chi connectivity index (χ1v) is 5.25. The molecule has 1 aromatic rings. The van der Waals surface area contributed by atoms with E-state index in [0.29, 0.717) is 24.7 Å². The molecule has 3 rings (SSSR count). The van der Waals surface area contributed by atoms with Crippen LogP contribution in [0, 0.1) is 0 Å². The third-order valence-electron chi connectivity index (χ3n) is 3.01. The highest BCUT2D eigenvalue weighted by Crippen LogP contribution is 2.36. The number of amides is 1. The normalized spacial score (nSPS) is 21.8. The number of carbonyl (C=O) groups excluding carboxylic acids is 1. The van der Waals surface area contributed by atoms with Crippen molar-refractivity contribution in [1.29, 1.82) is 0 Å². The molecule has 2 heterocycles. The van der Waals surface area contributed by atoms with Crippen LogP contribution >= 0.6 is 11.6 Å². The second-order valence-corrected chi connectivity index (χ2v) is 4.54. The summed E-state index contributed by atoms with van der Waals surface area (Å²) in [7, 11) is 0. The molecule has 0 atom stereocenters. The zero-order valence-electron chi connectivity index (χ0n) is 8.05. The van der Waals surface area contributed by atoms with E-state index in [1.165, 1.54) is 0 Å². The summed E-state index contributed by atoms with van der Waals surface area (Å²) in [6.07, 6.45) is 0.414. The van der Waals surface area contributed by atoms with E-state index in [-0.39, 0.29) is 11.4 Å². The van der Waals surface area contributed by atoms with Crippen LogP contribution in [0.4, 0.5) is 0 Å². The van der Waals surface area contributed by atoms with Gasteiger partial charge >= 0.3 is 0 Å². The van der Waals surface area contributed by atoms with Gasteiger partial charge in [0.2, 0.25) is 5.91 Å². The molecule has 2 aliphatic rings. The number of ether oxygens (including phenoxy) is 1. The van der Waals surface area contributed by atoms with E-state index in [1.807, 2.05) is 18.2 Å². The van der Waals surface area contributed by atoms with Crippen molar-refractivity contribution in [3.63, 3.8) is 0 Å². The van der Waals surface area contributed by atoms with Crippen LogP contribution in [0.1, 0.15) is 11.1 Å². The average Bonchev–Trinajstić information content (AvgIpc) is 2.13. The van der Waals surface area contributed by atoms with E-state index in [2.05, 4.69) is 5.32 Å². The van der Waals surface area contributed by atoms with E-state index in [0.717, 1.165) is 11.1 Å². The lowest BCUT2D eigenvalue weighted by atomic mass is 9.81. The van der Waals surface area contributed by atoms with Gasteiger partial charge < -0.3 is 10.1 Å². The number of nitrogens with one attached hydrogen (secondary N) is 1. The Labute approximate surface area is 92.4 Å². The van der Waals surface area contributed by atoms with Gasteiger partial charge in [-0.2, -0.15) is 0 Å². The summed E-state index contributed by atoms with van der Waals surface area (Å²) < 4.78 is 5.20. The van der Waals surface area contributed by atoms with Gasteiger partial charge in [-0.25, -0.2) is 0 Å². The second kappa shape index (κ2) is 2.97. The minimum atomic E-state index is -0.282. The zero-order chi connectivity index (χ0) is 10.5. The Balaban J connectivity index is 2.14. The highest BCUT2D eigenvalue weighted by molar-refractivity contribution is 6.30. The van der Waals surface area contributed by atoms with E-state index in [9.17, 15) is 4.79 Å². The van der Waals surface area contributed by atoms with E-state index >= 15 is 0 Å². The minimum absolute atomic E-state index is 0.0491. The van der Waals surface area contributed by atoms with Crippen molar-refractivity contribution >= 4 is 17.5 Å². The van der Waals surface area contributed by atoms with Crippen LogP contribution < -0.4 is 5.32 Å². The first kappa shape index (κ1) is 9.19. The molecule has 0 aromatic heterocycles. The Morgan fingerprint density at radius 2 is 2.20 bits per heavy atom. The minimum Gasteiger partial charge on any atom is -0.376 e. The molecule has 4 heteroatoms. The quantitative estimate of drug-likeness (QED) is 0.719. The summed E-state index contributed by atoms with van der Waals surface area (Å²) in [6.45, 7) is 1.13. The molecule has 1 fully saturated rings. The zero-order valence-corrected chi connectivity index (χ0v) is 8.80. The summed E-state index contributed by atoms with van der Waals surface area (Å²) in [5, 5.41) is 3.68. The molecule has 15 heavy (non-hydrogen) atoms. The van der Waals surface area contributed by atoms with Crippen molar-refractivity contribution in [2.24, 2.45) is 0 Å². The van der Waals surface area contributed by atoms with Crippen LogP contribution in [0.25, 0.3) is 0 Å². The number of hydrogen-bond donors (Lipinski definition) is 1. The van der Waals surface area contributed by atoms with Crippen molar-refractivity contribution in [1.82, 2.24) is 5.32 Å². The number of fused-ring (bicyclic) bond motifs is 2. The van der Waals surface area contributed by atoms with Crippen LogP contribution in [-0.4, -0.2) is 19.1 Å². The van der Waals surface area contributed by atoms with E-state index in [4.69, 9.17) is 16.3 Å². The molecular formula is C11H10ClNO2. The summed E-state index contributed by atoms with van der Waals surface area (Å²) in [5.74, 6) is 0.0491. The van der Waals surface area contributed by atoms with Crippen LogP contribution in [0.15, 0.2) is 18.2 Å². The van der Waals surface area contributed by atoms with Crippen molar-refractivity contribution < 1.29 is 9.53 Å². The van der Waals surface area contributed by atoms with Gasteiger partial charge in [-0.05, 0) is 23.3 Å². The summed E-state index contributed by atoms with van der Waals surface area (Å²) in [5.41, 5.74) is 1.89. The number of rotatable bonds is 0. The van der Waals surface area contributed by atoms with Gasteiger partial charge in [0, 0.05) is 5.02 Å². The lowest BCUT2D eigenvalue weighted by molar-refractivity contribution is -0.135. The molecule has 0 saturated carbocycles. The fraction of sp³-hybridized carbons (Fsp3) is 0.364. The van der Waals surface area contributed by atoms with Crippen LogP contribution in [-0.2, 0) is 21.5 Å². The summed E-state index contributed by atoms with van der Waals surface area (Å²) in [6, 6.07) is 5.72. The van der Waals surface area contributed by atoms with Gasteiger partial charge in [-0.15, -0.1) is 0 Å². The standard InChI is InChI=1S/C11H10ClNO2/c12-8-1-2-9-7(3-8)4-10(14)13-11(9)5-15-6-11/h1-3H,4-6H2,(H,13,14). The summed E-state index contributed by atoms with van der Waals surface area (Å²) >= 11 is 5.92. The topological polar surface area (TPSA) is 38.3 Å². The van der Waals surface area contributed by atoms with Gasteiger partial charge in [0.05, 0.1) is 19.6 Å². The Kier molecular flexibility index (Phi) is 1.82. The fourth-order valence-electron chi connectivity index (χ4n) is 2.26. The van der Waals surface area contributed by atoms with Gasteiger partial charge in [0.25, 0.3) is 0 Å². The third-order valence-corrected chi connectivity index (χ3v) is 3.24. The molecule has 3 nitrogen and oxygen atoms in total. The van der Waals surface area contributed by atoms with Crippen molar-refractivity contribution in [2.45, 2.75) is 12.0 Å². The highest BCUT2D eigenvalue weighted by Gasteiger charge is 2.45. The molecule has 0 unspecified atom stereocenters. The molecule has 1 aromatic carbocycles. The largest absolute Gasteiger partial charge is 0.376 e. The molecule has 1 saturated heterocycles. The average molecular weight is 224 g/mol. The Hall–Kier alpha value is -1.06. The summed E-state index contributed by atoms with van der Waals surface area (Å²) in [4.78, 5) is 11.5. The number of hydrogen-bond acceptors (Lipinski definition) is 2. The molecule has 0 radical (unpaired) electrons. The van der Waals surface area contributed by atoms with E-state index in [1.54, 1.807) is 0 Å². The van der Waals surface area contributed by atoms with Crippen LogP contribution in [0.3, 0.4) is 0 Å². The van der Waals surface area contributed by atoms with Crippen LogP contribution in [0.5, 0.6) is 0 Å². The monoisotopic (exact) mass is 223 g/mol. The molecule has 2 aliphatic heterocycles. The second-order valence-electron chi connectivity index (χ2n) is 4.10. The lowest BCUT2D eigenvalue weighted by Gasteiger charge is -2.45. The third kappa shape index (κ3) is 1.27. The number of carbonyl (C=O) groups is 1. The van der Waals surface area contributed by atoms with Gasteiger partial charge in [-0.3, -0.25) is 4.79 Å². The smallest absolute Gasteiger partial charge is 0.225 e. The van der Waals surface area contributed by atoms with E-state index < -0.39 is 0 Å². The van der Waals surface area contributed by atoms with Gasteiger partial charge in [-0.1, -0.05) is 17.7 Å². The number of benzene rings is 1. The predicted octanol–water partition coefficient (Wildman–Crippen LogP) is 1.24. The molecule has 1 spiro atoms. The molecule has 78 valence electrons.